The van der Waals surface area contributed by atoms with E-state index in [1.807, 2.05) is 30.3 Å². The van der Waals surface area contributed by atoms with Gasteiger partial charge in [0, 0.05) is 0 Å². The zero-order valence-electron chi connectivity index (χ0n) is 10.5. The zero-order chi connectivity index (χ0) is 13.7. The first kappa shape index (κ1) is 13.4. The average molecular weight is 277 g/mol. The van der Waals surface area contributed by atoms with E-state index in [4.69, 9.17) is 4.74 Å². The van der Waals surface area contributed by atoms with Gasteiger partial charge in [0.1, 0.15) is 5.75 Å². The molecule has 0 saturated carbocycles. The van der Waals surface area contributed by atoms with Crippen LogP contribution in [0.25, 0.3) is 0 Å². The van der Waals surface area contributed by atoms with Gasteiger partial charge in [-0.2, -0.15) is 0 Å². The van der Waals surface area contributed by atoms with Gasteiger partial charge in [0.2, 0.25) is 10.0 Å². The number of nitrogens with one attached hydrogen (secondary N) is 1. The Labute approximate surface area is 113 Å². The summed E-state index contributed by atoms with van der Waals surface area (Å²) in [6.45, 7) is 1.59. The Morgan fingerprint density at radius 3 is 2.32 bits per heavy atom. The minimum Gasteiger partial charge on any atom is -0.455 e. The van der Waals surface area contributed by atoms with Crippen molar-refractivity contribution in [3.63, 3.8) is 0 Å². The molecule has 0 fully saturated rings. The van der Waals surface area contributed by atoms with Crippen LogP contribution in [0.2, 0.25) is 0 Å². The van der Waals surface area contributed by atoms with Crippen LogP contribution in [0.5, 0.6) is 11.5 Å². The fourth-order valence-corrected chi connectivity index (χ4v) is 2.14. The lowest BCUT2D eigenvalue weighted by Gasteiger charge is -2.12. The Morgan fingerprint density at radius 2 is 1.63 bits per heavy atom. The fourth-order valence-electron chi connectivity index (χ4n) is 1.50. The van der Waals surface area contributed by atoms with Gasteiger partial charge in [-0.3, -0.25) is 4.72 Å². The van der Waals surface area contributed by atoms with Crippen molar-refractivity contribution in [3.8, 4) is 11.5 Å². The average Bonchev–Trinajstić information content (AvgIpc) is 2.42. The van der Waals surface area contributed by atoms with Gasteiger partial charge in [-0.1, -0.05) is 30.3 Å². The summed E-state index contributed by atoms with van der Waals surface area (Å²) in [5.41, 5.74) is 0.438. The van der Waals surface area contributed by atoms with Crippen LogP contribution in [0.4, 0.5) is 5.69 Å². The summed E-state index contributed by atoms with van der Waals surface area (Å²) in [5, 5.41) is 0. The van der Waals surface area contributed by atoms with Crippen molar-refractivity contribution in [2.45, 2.75) is 6.92 Å². The van der Waals surface area contributed by atoms with Gasteiger partial charge in [0.25, 0.3) is 0 Å². The monoisotopic (exact) mass is 277 g/mol. The number of hydrogen-bond acceptors (Lipinski definition) is 3. The third-order valence-electron chi connectivity index (χ3n) is 2.50. The third-order valence-corrected chi connectivity index (χ3v) is 3.79. The predicted molar refractivity (Wildman–Crippen MR) is 76.0 cm³/mol. The molecule has 0 heterocycles. The molecule has 0 aliphatic carbocycles. The summed E-state index contributed by atoms with van der Waals surface area (Å²) in [6, 6.07) is 16.2. The van der Waals surface area contributed by atoms with Crippen LogP contribution in [0.3, 0.4) is 0 Å². The molecule has 0 radical (unpaired) electrons. The van der Waals surface area contributed by atoms with Crippen molar-refractivity contribution in [1.29, 1.82) is 0 Å². The van der Waals surface area contributed by atoms with Crippen molar-refractivity contribution in [2.24, 2.45) is 0 Å². The highest BCUT2D eigenvalue weighted by Crippen LogP contribution is 2.29. The molecule has 0 saturated heterocycles. The minimum absolute atomic E-state index is 0.0205. The summed E-state index contributed by atoms with van der Waals surface area (Å²) < 4.78 is 31.4. The molecule has 19 heavy (non-hydrogen) atoms. The lowest BCUT2D eigenvalue weighted by atomic mass is 10.3. The van der Waals surface area contributed by atoms with Crippen LogP contribution in [0, 0.1) is 0 Å². The Balaban J connectivity index is 2.27. The lowest BCUT2D eigenvalue weighted by Crippen LogP contribution is -2.15. The summed E-state index contributed by atoms with van der Waals surface area (Å²) in [7, 11) is -3.32. The van der Waals surface area contributed by atoms with Crippen LogP contribution < -0.4 is 9.46 Å². The standard InChI is InChI=1S/C14H15NO3S/c1-2-19(16,17)15-13-10-6-7-11-14(13)18-12-8-4-3-5-9-12/h3-11,15H,2H2,1H3. The second kappa shape index (κ2) is 5.75. The third kappa shape index (κ3) is 3.72. The molecule has 0 spiro atoms. The van der Waals surface area contributed by atoms with Gasteiger partial charge in [-0.25, -0.2) is 8.42 Å². The molecule has 4 nitrogen and oxygen atoms in total. The molecule has 2 rings (SSSR count). The van der Waals surface area contributed by atoms with Crippen LogP contribution in [0.1, 0.15) is 6.92 Å². The molecule has 0 aromatic heterocycles. The van der Waals surface area contributed by atoms with Crippen molar-refractivity contribution < 1.29 is 13.2 Å². The van der Waals surface area contributed by atoms with E-state index < -0.39 is 10.0 Å². The van der Waals surface area contributed by atoms with Crippen molar-refractivity contribution in [1.82, 2.24) is 0 Å². The molecule has 2 aromatic rings. The van der Waals surface area contributed by atoms with Crippen LogP contribution in [0.15, 0.2) is 54.6 Å². The maximum Gasteiger partial charge on any atom is 0.232 e. The first-order valence-electron chi connectivity index (χ1n) is 5.93. The van der Waals surface area contributed by atoms with Gasteiger partial charge in [0.05, 0.1) is 11.4 Å². The Hall–Kier alpha value is -2.01. The van der Waals surface area contributed by atoms with E-state index in [1.54, 1.807) is 31.2 Å². The summed E-state index contributed by atoms with van der Waals surface area (Å²) >= 11 is 0. The maximum absolute atomic E-state index is 11.6. The molecular formula is C14H15NO3S. The number of hydrogen-bond donors (Lipinski definition) is 1. The summed E-state index contributed by atoms with van der Waals surface area (Å²) in [6.07, 6.45) is 0. The van der Waals surface area contributed by atoms with E-state index in [0.29, 0.717) is 17.2 Å². The fraction of sp³-hybridized carbons (Fsp3) is 0.143. The second-order valence-electron chi connectivity index (χ2n) is 3.92. The maximum atomic E-state index is 11.6. The number of para-hydroxylation sites is 3. The first-order valence-corrected chi connectivity index (χ1v) is 7.58. The highest BCUT2D eigenvalue weighted by atomic mass is 32.2. The molecule has 0 amide bonds. The molecule has 100 valence electrons. The van der Waals surface area contributed by atoms with E-state index in [2.05, 4.69) is 4.72 Å². The molecule has 2 aromatic carbocycles. The van der Waals surface area contributed by atoms with Crippen molar-refractivity contribution in [3.05, 3.63) is 54.6 Å². The number of benzene rings is 2. The van der Waals surface area contributed by atoms with Crippen LogP contribution in [-0.4, -0.2) is 14.2 Å². The SMILES string of the molecule is CCS(=O)(=O)Nc1ccccc1Oc1ccccc1. The van der Waals surface area contributed by atoms with E-state index in [9.17, 15) is 8.42 Å². The van der Waals surface area contributed by atoms with Crippen molar-refractivity contribution >= 4 is 15.7 Å². The first-order chi connectivity index (χ1) is 9.11. The Morgan fingerprint density at radius 1 is 1.00 bits per heavy atom. The number of ether oxygens (including phenoxy) is 1. The van der Waals surface area contributed by atoms with Gasteiger partial charge in [0.15, 0.2) is 5.75 Å². The Kier molecular flexibility index (Phi) is 4.06. The van der Waals surface area contributed by atoms with Gasteiger partial charge in [-0.15, -0.1) is 0 Å². The van der Waals surface area contributed by atoms with Gasteiger partial charge in [-0.05, 0) is 31.2 Å². The van der Waals surface area contributed by atoms with Crippen molar-refractivity contribution in [2.75, 3.05) is 10.5 Å². The van der Waals surface area contributed by atoms with E-state index in [-0.39, 0.29) is 5.75 Å². The van der Waals surface area contributed by atoms with E-state index >= 15 is 0 Å². The van der Waals surface area contributed by atoms with E-state index in [0.717, 1.165) is 0 Å². The van der Waals surface area contributed by atoms with Gasteiger partial charge >= 0.3 is 0 Å². The minimum atomic E-state index is -3.32. The Bertz CT molecular complexity index is 639. The van der Waals surface area contributed by atoms with Gasteiger partial charge < -0.3 is 4.74 Å². The topological polar surface area (TPSA) is 55.4 Å². The highest BCUT2D eigenvalue weighted by molar-refractivity contribution is 7.92. The molecule has 1 N–H and O–H groups in total. The quantitative estimate of drug-likeness (QED) is 0.912. The summed E-state index contributed by atoms with van der Waals surface area (Å²) in [5.74, 6) is 1.16. The smallest absolute Gasteiger partial charge is 0.232 e. The highest BCUT2D eigenvalue weighted by Gasteiger charge is 2.11. The molecule has 0 bridgehead atoms. The van der Waals surface area contributed by atoms with E-state index in [1.165, 1.54) is 0 Å². The molecule has 0 aliphatic heterocycles. The molecule has 0 aliphatic rings. The lowest BCUT2D eigenvalue weighted by molar-refractivity contribution is 0.485. The van der Waals surface area contributed by atoms with Crippen LogP contribution >= 0.6 is 0 Å². The molecular weight excluding hydrogens is 262 g/mol. The number of anilines is 1. The normalized spacial score (nSPS) is 11.0. The summed E-state index contributed by atoms with van der Waals surface area (Å²) in [4.78, 5) is 0. The number of sulfonamides is 1. The zero-order valence-corrected chi connectivity index (χ0v) is 11.4. The molecule has 5 heteroatoms. The number of rotatable bonds is 5. The molecule has 0 unspecified atom stereocenters. The second-order valence-corrected chi connectivity index (χ2v) is 5.93. The largest absolute Gasteiger partial charge is 0.455 e. The predicted octanol–water partition coefficient (Wildman–Crippen LogP) is 3.24. The van der Waals surface area contributed by atoms with Crippen LogP contribution in [-0.2, 0) is 10.0 Å². The molecule has 0 atom stereocenters.